The number of nitrogens with one attached hydrogen (secondary N) is 1. The van der Waals surface area contributed by atoms with Gasteiger partial charge in [-0.1, -0.05) is 0 Å². The first kappa shape index (κ1) is 17.1. The Morgan fingerprint density at radius 1 is 1.21 bits per heavy atom. The van der Waals surface area contributed by atoms with Crippen molar-refractivity contribution in [3.63, 3.8) is 0 Å². The van der Waals surface area contributed by atoms with Crippen LogP contribution in [0.5, 0.6) is 0 Å². The van der Waals surface area contributed by atoms with Crippen LogP contribution in [0.4, 0.5) is 16.2 Å². The Bertz CT molecular complexity index is 574. The Kier molecular flexibility index (Phi) is 5.29. The van der Waals surface area contributed by atoms with E-state index in [1.165, 1.54) is 18.5 Å². The Morgan fingerprint density at radius 3 is 2.46 bits per heavy atom. The van der Waals surface area contributed by atoms with E-state index in [-0.39, 0.29) is 12.1 Å². The molecule has 0 aliphatic carbocycles. The number of hydrogen-bond donors (Lipinski definition) is 2. The fourth-order valence-corrected chi connectivity index (χ4v) is 3.74. The van der Waals surface area contributed by atoms with Gasteiger partial charge in [-0.15, -0.1) is 0 Å². The van der Waals surface area contributed by atoms with Gasteiger partial charge in [-0.05, 0) is 69.2 Å². The number of amides is 2. The van der Waals surface area contributed by atoms with E-state index in [1.54, 1.807) is 0 Å². The van der Waals surface area contributed by atoms with Crippen molar-refractivity contribution in [3.8, 4) is 0 Å². The number of rotatable bonds is 3. The second-order valence-electron chi connectivity index (χ2n) is 7.19. The summed E-state index contributed by atoms with van der Waals surface area (Å²) in [4.78, 5) is 16.7. The van der Waals surface area contributed by atoms with Crippen molar-refractivity contribution in [1.82, 2.24) is 4.90 Å². The lowest BCUT2D eigenvalue weighted by Gasteiger charge is -2.33. The molecule has 0 saturated carbocycles. The number of aliphatic hydroxyl groups is 1. The van der Waals surface area contributed by atoms with Crippen LogP contribution < -0.4 is 10.2 Å². The van der Waals surface area contributed by atoms with Gasteiger partial charge in [0.2, 0.25) is 0 Å². The summed E-state index contributed by atoms with van der Waals surface area (Å²) in [6.07, 6.45) is 3.99. The normalized spacial score (nSPS) is 20.3. The average Bonchev–Trinajstić information content (AvgIpc) is 3.11. The smallest absolute Gasteiger partial charge is 0.321 e. The summed E-state index contributed by atoms with van der Waals surface area (Å²) in [5, 5.41) is 12.7. The van der Waals surface area contributed by atoms with Crippen molar-refractivity contribution in [2.24, 2.45) is 5.92 Å². The van der Waals surface area contributed by atoms with Crippen LogP contribution in [0.3, 0.4) is 0 Å². The maximum absolute atomic E-state index is 12.5. The average molecular weight is 331 g/mol. The molecule has 3 rings (SSSR count). The van der Waals surface area contributed by atoms with Gasteiger partial charge < -0.3 is 20.2 Å². The molecule has 2 aliphatic rings. The largest absolute Gasteiger partial charge is 0.393 e. The minimum absolute atomic E-state index is 0.0314. The lowest BCUT2D eigenvalue weighted by molar-refractivity contribution is 0.0820. The van der Waals surface area contributed by atoms with Gasteiger partial charge in [-0.2, -0.15) is 0 Å². The first-order valence-corrected chi connectivity index (χ1v) is 9.14. The van der Waals surface area contributed by atoms with Gasteiger partial charge >= 0.3 is 6.03 Å². The number of likely N-dealkylation sites (tertiary alicyclic amines) is 1. The fourth-order valence-electron chi connectivity index (χ4n) is 3.74. The molecule has 5 heteroatoms. The molecule has 1 aromatic rings. The van der Waals surface area contributed by atoms with Crippen LogP contribution in [0, 0.1) is 12.8 Å². The highest BCUT2D eigenvalue weighted by Crippen LogP contribution is 2.26. The predicted molar refractivity (Wildman–Crippen MR) is 97.6 cm³/mol. The van der Waals surface area contributed by atoms with Crippen LogP contribution in [-0.4, -0.2) is 48.3 Å². The molecule has 0 aromatic heterocycles. The molecule has 2 saturated heterocycles. The third-order valence-corrected chi connectivity index (χ3v) is 5.43. The maximum Gasteiger partial charge on any atom is 0.321 e. The number of benzene rings is 1. The molecular weight excluding hydrogens is 302 g/mol. The summed E-state index contributed by atoms with van der Waals surface area (Å²) in [7, 11) is 0. The van der Waals surface area contributed by atoms with Crippen molar-refractivity contribution in [2.45, 2.75) is 45.6 Å². The van der Waals surface area contributed by atoms with Gasteiger partial charge in [0.15, 0.2) is 0 Å². The van der Waals surface area contributed by atoms with Crippen LogP contribution in [0.1, 0.15) is 38.2 Å². The van der Waals surface area contributed by atoms with Gasteiger partial charge in [0.25, 0.3) is 0 Å². The number of carbonyl (C=O) groups is 1. The molecule has 0 bridgehead atoms. The number of piperidine rings is 1. The number of anilines is 2. The molecular formula is C19H29N3O2. The van der Waals surface area contributed by atoms with Crippen LogP contribution in [0.15, 0.2) is 18.2 Å². The van der Waals surface area contributed by atoms with Crippen molar-refractivity contribution in [2.75, 3.05) is 36.4 Å². The van der Waals surface area contributed by atoms with E-state index in [2.05, 4.69) is 29.3 Å². The molecule has 2 heterocycles. The standard InChI is InChI=1S/C19H29N3O2/c1-14-13-17(21-9-3-4-10-21)5-6-18(14)20-19(24)22-11-7-16(8-12-22)15(2)23/h5-6,13,15-16,23H,3-4,7-12H2,1-2H3,(H,20,24). The lowest BCUT2D eigenvalue weighted by atomic mass is 9.92. The van der Waals surface area contributed by atoms with Crippen LogP contribution in [-0.2, 0) is 0 Å². The number of nitrogens with zero attached hydrogens (tertiary/aromatic N) is 2. The quantitative estimate of drug-likeness (QED) is 0.894. The van der Waals surface area contributed by atoms with E-state index >= 15 is 0 Å². The molecule has 2 fully saturated rings. The van der Waals surface area contributed by atoms with Crippen molar-refractivity contribution < 1.29 is 9.90 Å². The van der Waals surface area contributed by atoms with Crippen LogP contribution in [0.2, 0.25) is 0 Å². The molecule has 2 N–H and O–H groups in total. The maximum atomic E-state index is 12.5. The zero-order valence-corrected chi connectivity index (χ0v) is 14.8. The van der Waals surface area contributed by atoms with Gasteiger partial charge in [0.05, 0.1) is 6.10 Å². The molecule has 0 radical (unpaired) electrons. The van der Waals surface area contributed by atoms with E-state index in [0.29, 0.717) is 19.0 Å². The SMILES string of the molecule is Cc1cc(N2CCCC2)ccc1NC(=O)N1CCC(C(C)O)CC1. The number of carbonyl (C=O) groups excluding carboxylic acids is 1. The molecule has 24 heavy (non-hydrogen) atoms. The van der Waals surface area contributed by atoms with Gasteiger partial charge in [0.1, 0.15) is 0 Å². The molecule has 1 aromatic carbocycles. The third-order valence-electron chi connectivity index (χ3n) is 5.43. The number of urea groups is 1. The van der Waals surface area contributed by atoms with E-state index in [4.69, 9.17) is 0 Å². The van der Waals surface area contributed by atoms with Crippen molar-refractivity contribution >= 4 is 17.4 Å². The summed E-state index contributed by atoms with van der Waals surface area (Å²) < 4.78 is 0. The molecule has 2 amide bonds. The summed E-state index contributed by atoms with van der Waals surface area (Å²) >= 11 is 0. The molecule has 0 spiro atoms. The van der Waals surface area contributed by atoms with Gasteiger partial charge in [-0.25, -0.2) is 4.79 Å². The Balaban J connectivity index is 1.58. The molecule has 132 valence electrons. The first-order chi connectivity index (χ1) is 11.5. The summed E-state index contributed by atoms with van der Waals surface area (Å²) in [6.45, 7) is 7.58. The third kappa shape index (κ3) is 3.83. The lowest BCUT2D eigenvalue weighted by Crippen LogP contribution is -2.42. The zero-order valence-electron chi connectivity index (χ0n) is 14.8. The van der Waals surface area contributed by atoms with E-state index in [9.17, 15) is 9.90 Å². The van der Waals surface area contributed by atoms with Crippen LogP contribution in [0.25, 0.3) is 0 Å². The van der Waals surface area contributed by atoms with E-state index in [1.807, 2.05) is 17.9 Å². The Morgan fingerprint density at radius 2 is 1.88 bits per heavy atom. The topological polar surface area (TPSA) is 55.8 Å². The molecule has 5 nitrogen and oxygen atoms in total. The Labute approximate surface area is 144 Å². The second kappa shape index (κ2) is 7.43. The summed E-state index contributed by atoms with van der Waals surface area (Å²) in [6, 6.07) is 6.26. The van der Waals surface area contributed by atoms with E-state index in [0.717, 1.165) is 37.2 Å². The highest BCUT2D eigenvalue weighted by molar-refractivity contribution is 5.90. The molecule has 2 aliphatic heterocycles. The van der Waals surface area contributed by atoms with Gasteiger partial charge in [0, 0.05) is 37.6 Å². The minimum Gasteiger partial charge on any atom is -0.393 e. The van der Waals surface area contributed by atoms with E-state index < -0.39 is 0 Å². The first-order valence-electron chi connectivity index (χ1n) is 9.14. The van der Waals surface area contributed by atoms with Gasteiger partial charge in [-0.3, -0.25) is 0 Å². The van der Waals surface area contributed by atoms with Crippen molar-refractivity contribution in [1.29, 1.82) is 0 Å². The molecule has 1 atom stereocenters. The summed E-state index contributed by atoms with van der Waals surface area (Å²) in [5.41, 5.74) is 3.24. The highest BCUT2D eigenvalue weighted by Gasteiger charge is 2.25. The zero-order chi connectivity index (χ0) is 17.1. The number of aryl methyl sites for hydroxylation is 1. The number of hydrogen-bond acceptors (Lipinski definition) is 3. The fraction of sp³-hybridized carbons (Fsp3) is 0.632. The highest BCUT2D eigenvalue weighted by atomic mass is 16.3. The predicted octanol–water partition coefficient (Wildman–Crippen LogP) is 3.22. The van der Waals surface area contributed by atoms with Crippen molar-refractivity contribution in [3.05, 3.63) is 23.8 Å². The minimum atomic E-state index is -0.282. The van der Waals surface area contributed by atoms with Crippen LogP contribution >= 0.6 is 0 Å². The molecule has 1 unspecified atom stereocenters. The second-order valence-corrected chi connectivity index (χ2v) is 7.19. The summed E-state index contributed by atoms with van der Waals surface area (Å²) in [5.74, 6) is 0.315. The monoisotopic (exact) mass is 331 g/mol. The number of aliphatic hydroxyl groups excluding tert-OH is 1. The Hall–Kier alpha value is -1.75.